The lowest BCUT2D eigenvalue weighted by molar-refractivity contribution is 0.281. The van der Waals surface area contributed by atoms with Crippen molar-refractivity contribution in [2.75, 3.05) is 0 Å². The molecule has 0 spiro atoms. The average molecular weight is 233 g/mol. The van der Waals surface area contributed by atoms with Gasteiger partial charge in [-0.1, -0.05) is 48.0 Å². The van der Waals surface area contributed by atoms with Gasteiger partial charge < -0.3 is 5.11 Å². The van der Waals surface area contributed by atoms with E-state index in [9.17, 15) is 5.11 Å². The first-order chi connectivity index (χ1) is 7.79. The van der Waals surface area contributed by atoms with Crippen molar-refractivity contribution in [1.29, 1.82) is 0 Å². The van der Waals surface area contributed by atoms with Crippen molar-refractivity contribution >= 4 is 11.6 Å². The van der Waals surface area contributed by atoms with E-state index in [-0.39, 0.29) is 6.61 Å². The molecule has 2 aromatic carbocycles. The molecule has 0 heterocycles. The van der Waals surface area contributed by atoms with Gasteiger partial charge in [-0.3, -0.25) is 0 Å². The van der Waals surface area contributed by atoms with E-state index in [4.69, 9.17) is 11.6 Å². The molecule has 1 N–H and O–H groups in total. The Hall–Kier alpha value is -1.31. The van der Waals surface area contributed by atoms with Crippen molar-refractivity contribution in [1.82, 2.24) is 0 Å². The first-order valence-corrected chi connectivity index (χ1v) is 5.59. The van der Waals surface area contributed by atoms with Gasteiger partial charge in [0, 0.05) is 5.02 Å². The molecule has 1 nitrogen and oxygen atoms in total. The summed E-state index contributed by atoms with van der Waals surface area (Å²) in [5.74, 6) is 0. The molecule has 2 rings (SSSR count). The highest BCUT2D eigenvalue weighted by molar-refractivity contribution is 6.30. The topological polar surface area (TPSA) is 20.2 Å². The van der Waals surface area contributed by atoms with Gasteiger partial charge in [0.05, 0.1) is 6.61 Å². The zero-order chi connectivity index (χ0) is 11.4. The van der Waals surface area contributed by atoms with Crippen molar-refractivity contribution in [3.63, 3.8) is 0 Å². The first-order valence-electron chi connectivity index (χ1n) is 5.21. The van der Waals surface area contributed by atoms with Crippen LogP contribution in [-0.2, 0) is 13.0 Å². The second kappa shape index (κ2) is 5.15. The van der Waals surface area contributed by atoms with Gasteiger partial charge in [0.2, 0.25) is 0 Å². The molecule has 0 saturated heterocycles. The third kappa shape index (κ3) is 2.63. The maximum atomic E-state index is 9.24. The van der Waals surface area contributed by atoms with Gasteiger partial charge in [-0.25, -0.2) is 0 Å². The number of rotatable bonds is 3. The van der Waals surface area contributed by atoms with Crippen LogP contribution in [0.4, 0.5) is 0 Å². The van der Waals surface area contributed by atoms with Crippen LogP contribution in [0, 0.1) is 0 Å². The van der Waals surface area contributed by atoms with E-state index < -0.39 is 0 Å². The molecule has 0 fully saturated rings. The second-order valence-corrected chi connectivity index (χ2v) is 4.17. The summed E-state index contributed by atoms with van der Waals surface area (Å²) in [6, 6.07) is 15.8. The Morgan fingerprint density at radius 2 is 1.69 bits per heavy atom. The summed E-state index contributed by atoms with van der Waals surface area (Å²) in [5, 5.41) is 9.96. The number of benzene rings is 2. The van der Waals surface area contributed by atoms with Crippen molar-refractivity contribution in [3.8, 4) is 0 Å². The maximum Gasteiger partial charge on any atom is 0.0684 e. The summed E-state index contributed by atoms with van der Waals surface area (Å²) in [5.41, 5.74) is 3.24. The number of halogens is 1. The summed E-state index contributed by atoms with van der Waals surface area (Å²) in [4.78, 5) is 0. The van der Waals surface area contributed by atoms with Gasteiger partial charge in [-0.15, -0.1) is 0 Å². The van der Waals surface area contributed by atoms with Crippen LogP contribution in [0.15, 0.2) is 48.5 Å². The van der Waals surface area contributed by atoms with Crippen LogP contribution in [0.25, 0.3) is 0 Å². The molecule has 0 bridgehead atoms. The SMILES string of the molecule is OCc1ccc(Cl)cc1Cc1ccccc1. The van der Waals surface area contributed by atoms with Gasteiger partial charge in [0.25, 0.3) is 0 Å². The molecule has 0 amide bonds. The van der Waals surface area contributed by atoms with Gasteiger partial charge in [0.1, 0.15) is 0 Å². The van der Waals surface area contributed by atoms with Crippen LogP contribution in [0.1, 0.15) is 16.7 Å². The minimum atomic E-state index is 0.0549. The number of aliphatic hydroxyl groups excluding tert-OH is 1. The van der Waals surface area contributed by atoms with Crippen LogP contribution in [-0.4, -0.2) is 5.11 Å². The fraction of sp³-hybridized carbons (Fsp3) is 0.143. The van der Waals surface area contributed by atoms with E-state index in [2.05, 4.69) is 12.1 Å². The quantitative estimate of drug-likeness (QED) is 0.860. The van der Waals surface area contributed by atoms with E-state index in [0.717, 1.165) is 17.5 Å². The number of hydrogen-bond donors (Lipinski definition) is 1. The smallest absolute Gasteiger partial charge is 0.0684 e. The molecule has 82 valence electrons. The Bertz CT molecular complexity index is 465. The summed E-state index contributed by atoms with van der Waals surface area (Å²) in [6.07, 6.45) is 0.803. The van der Waals surface area contributed by atoms with Crippen LogP contribution >= 0.6 is 11.6 Å². The molecule has 0 aromatic heterocycles. The summed E-state index contributed by atoms with van der Waals surface area (Å²) in [6.45, 7) is 0.0549. The Kier molecular flexibility index (Phi) is 3.60. The van der Waals surface area contributed by atoms with Crippen molar-refractivity contribution in [2.24, 2.45) is 0 Å². The molecule has 0 saturated carbocycles. The fourth-order valence-electron chi connectivity index (χ4n) is 1.73. The van der Waals surface area contributed by atoms with E-state index in [1.54, 1.807) is 0 Å². The van der Waals surface area contributed by atoms with Crippen LogP contribution in [0.5, 0.6) is 0 Å². The molecule has 0 aliphatic carbocycles. The molecule has 2 aromatic rings. The molecule has 2 heteroatoms. The molecular formula is C14H13ClO. The highest BCUT2D eigenvalue weighted by atomic mass is 35.5. The fourth-order valence-corrected chi connectivity index (χ4v) is 1.92. The zero-order valence-electron chi connectivity index (χ0n) is 8.86. The predicted octanol–water partition coefficient (Wildman–Crippen LogP) is 3.42. The largest absolute Gasteiger partial charge is 0.392 e. The zero-order valence-corrected chi connectivity index (χ0v) is 9.61. The lowest BCUT2D eigenvalue weighted by Gasteiger charge is -2.08. The monoisotopic (exact) mass is 232 g/mol. The number of hydrogen-bond acceptors (Lipinski definition) is 1. The van der Waals surface area contributed by atoms with Crippen molar-refractivity contribution < 1.29 is 5.11 Å². The van der Waals surface area contributed by atoms with Gasteiger partial charge in [-0.05, 0) is 35.2 Å². The lowest BCUT2D eigenvalue weighted by atomic mass is 10.0. The molecule has 16 heavy (non-hydrogen) atoms. The molecule has 0 aliphatic rings. The maximum absolute atomic E-state index is 9.24. The summed E-state index contributed by atoms with van der Waals surface area (Å²) in [7, 11) is 0. The second-order valence-electron chi connectivity index (χ2n) is 3.73. The van der Waals surface area contributed by atoms with Crippen LogP contribution < -0.4 is 0 Å². The standard InChI is InChI=1S/C14H13ClO/c15-14-7-6-12(10-16)13(9-14)8-11-4-2-1-3-5-11/h1-7,9,16H,8,10H2. The molecule has 0 radical (unpaired) electrons. The molecular weight excluding hydrogens is 220 g/mol. The van der Waals surface area contributed by atoms with Crippen molar-refractivity contribution in [3.05, 3.63) is 70.2 Å². The third-order valence-electron chi connectivity index (χ3n) is 2.58. The molecule has 0 unspecified atom stereocenters. The van der Waals surface area contributed by atoms with Crippen LogP contribution in [0.3, 0.4) is 0 Å². The number of aliphatic hydroxyl groups is 1. The Balaban J connectivity index is 2.30. The Morgan fingerprint density at radius 3 is 2.38 bits per heavy atom. The van der Waals surface area contributed by atoms with Gasteiger partial charge in [0.15, 0.2) is 0 Å². The van der Waals surface area contributed by atoms with Gasteiger partial charge >= 0.3 is 0 Å². The minimum absolute atomic E-state index is 0.0549. The van der Waals surface area contributed by atoms with Crippen LogP contribution in [0.2, 0.25) is 5.02 Å². The van der Waals surface area contributed by atoms with E-state index >= 15 is 0 Å². The third-order valence-corrected chi connectivity index (χ3v) is 2.81. The van der Waals surface area contributed by atoms with Gasteiger partial charge in [-0.2, -0.15) is 0 Å². The Morgan fingerprint density at radius 1 is 0.938 bits per heavy atom. The van der Waals surface area contributed by atoms with E-state index in [1.165, 1.54) is 5.56 Å². The minimum Gasteiger partial charge on any atom is -0.392 e. The summed E-state index contributed by atoms with van der Waals surface area (Å²) >= 11 is 5.96. The predicted molar refractivity (Wildman–Crippen MR) is 66.6 cm³/mol. The van der Waals surface area contributed by atoms with Crippen molar-refractivity contribution in [2.45, 2.75) is 13.0 Å². The van der Waals surface area contributed by atoms with E-state index in [0.29, 0.717) is 5.02 Å². The first kappa shape index (κ1) is 11.2. The van der Waals surface area contributed by atoms with E-state index in [1.807, 2.05) is 36.4 Å². The average Bonchev–Trinajstić information content (AvgIpc) is 2.31. The normalized spacial score (nSPS) is 10.4. The lowest BCUT2D eigenvalue weighted by Crippen LogP contribution is -1.95. The summed E-state index contributed by atoms with van der Waals surface area (Å²) < 4.78 is 0. The highest BCUT2D eigenvalue weighted by Gasteiger charge is 2.03. The highest BCUT2D eigenvalue weighted by Crippen LogP contribution is 2.19. The Labute approximate surface area is 100 Å². The molecule has 0 aliphatic heterocycles. The molecule has 0 atom stereocenters.